The number of nitrogens with one attached hydrogen (secondary N) is 1. The SMILES string of the molecule is Clc1cc(Br)ccc1OCc1cc(CNC2CC2)co1. The van der Waals surface area contributed by atoms with E-state index in [0.29, 0.717) is 23.4 Å². The summed E-state index contributed by atoms with van der Waals surface area (Å²) in [6.07, 6.45) is 4.35. The van der Waals surface area contributed by atoms with Gasteiger partial charge in [-0.1, -0.05) is 27.5 Å². The Kier molecular flexibility index (Phi) is 4.34. The van der Waals surface area contributed by atoms with Crippen LogP contribution in [0, 0.1) is 0 Å². The highest BCUT2D eigenvalue weighted by atomic mass is 79.9. The van der Waals surface area contributed by atoms with Crippen LogP contribution in [0.5, 0.6) is 5.75 Å². The van der Waals surface area contributed by atoms with Gasteiger partial charge in [0.15, 0.2) is 0 Å². The Balaban J connectivity index is 1.54. The van der Waals surface area contributed by atoms with Crippen LogP contribution in [0.25, 0.3) is 0 Å². The lowest BCUT2D eigenvalue weighted by Crippen LogP contribution is -2.14. The summed E-state index contributed by atoms with van der Waals surface area (Å²) in [6, 6.07) is 8.26. The number of hydrogen-bond acceptors (Lipinski definition) is 3. The van der Waals surface area contributed by atoms with E-state index < -0.39 is 0 Å². The van der Waals surface area contributed by atoms with Gasteiger partial charge in [-0.15, -0.1) is 0 Å². The lowest BCUT2D eigenvalue weighted by Gasteiger charge is -2.06. The van der Waals surface area contributed by atoms with Crippen LogP contribution in [-0.2, 0) is 13.2 Å². The van der Waals surface area contributed by atoms with Crippen molar-refractivity contribution in [3.05, 3.63) is 51.3 Å². The third-order valence-electron chi connectivity index (χ3n) is 3.14. The highest BCUT2D eigenvalue weighted by molar-refractivity contribution is 9.10. The van der Waals surface area contributed by atoms with Crippen molar-refractivity contribution in [2.75, 3.05) is 0 Å². The van der Waals surface area contributed by atoms with E-state index in [9.17, 15) is 0 Å². The maximum Gasteiger partial charge on any atom is 0.146 e. The standard InChI is InChI=1S/C15H15BrClNO2/c16-11-1-4-15(14(17)6-11)20-9-13-5-10(8-19-13)7-18-12-2-3-12/h1,4-6,8,12,18H,2-3,7,9H2. The van der Waals surface area contributed by atoms with Gasteiger partial charge in [0.2, 0.25) is 0 Å². The van der Waals surface area contributed by atoms with Gasteiger partial charge in [-0.25, -0.2) is 0 Å². The molecule has 1 heterocycles. The van der Waals surface area contributed by atoms with E-state index in [4.69, 9.17) is 20.8 Å². The van der Waals surface area contributed by atoms with Gasteiger partial charge in [0.1, 0.15) is 18.1 Å². The van der Waals surface area contributed by atoms with Crippen molar-refractivity contribution >= 4 is 27.5 Å². The Labute approximate surface area is 131 Å². The van der Waals surface area contributed by atoms with Crippen LogP contribution in [0.1, 0.15) is 24.2 Å². The van der Waals surface area contributed by atoms with Crippen LogP contribution in [-0.4, -0.2) is 6.04 Å². The molecule has 5 heteroatoms. The molecule has 0 unspecified atom stereocenters. The van der Waals surface area contributed by atoms with E-state index in [1.54, 1.807) is 6.26 Å². The number of hydrogen-bond donors (Lipinski definition) is 1. The molecular formula is C15H15BrClNO2. The Bertz CT molecular complexity index is 595. The largest absolute Gasteiger partial charge is 0.484 e. The average Bonchev–Trinajstić information content (AvgIpc) is 3.14. The molecular weight excluding hydrogens is 342 g/mol. The van der Waals surface area contributed by atoms with Crippen molar-refractivity contribution in [1.29, 1.82) is 0 Å². The summed E-state index contributed by atoms with van der Waals surface area (Å²) in [5, 5.41) is 4.03. The number of halogens is 2. The molecule has 3 rings (SSSR count). The molecule has 3 nitrogen and oxygen atoms in total. The monoisotopic (exact) mass is 355 g/mol. The normalized spacial score (nSPS) is 14.5. The van der Waals surface area contributed by atoms with Gasteiger partial charge < -0.3 is 14.5 Å². The smallest absolute Gasteiger partial charge is 0.146 e. The zero-order valence-electron chi connectivity index (χ0n) is 10.9. The van der Waals surface area contributed by atoms with Gasteiger partial charge in [-0.05, 0) is 37.1 Å². The topological polar surface area (TPSA) is 34.4 Å². The third-order valence-corrected chi connectivity index (χ3v) is 3.93. The van der Waals surface area contributed by atoms with E-state index in [0.717, 1.165) is 22.3 Å². The van der Waals surface area contributed by atoms with Crippen LogP contribution in [0.2, 0.25) is 5.02 Å². The second kappa shape index (κ2) is 6.20. The molecule has 2 aromatic rings. The fourth-order valence-electron chi connectivity index (χ4n) is 1.89. The number of rotatable bonds is 6. The van der Waals surface area contributed by atoms with Gasteiger partial charge in [0.25, 0.3) is 0 Å². The first-order chi connectivity index (χ1) is 9.70. The molecule has 1 aromatic carbocycles. The molecule has 1 N–H and O–H groups in total. The minimum Gasteiger partial charge on any atom is -0.484 e. The Morgan fingerprint density at radius 1 is 1.35 bits per heavy atom. The average molecular weight is 357 g/mol. The van der Waals surface area contributed by atoms with Crippen LogP contribution >= 0.6 is 27.5 Å². The summed E-state index contributed by atoms with van der Waals surface area (Å²) in [6.45, 7) is 1.23. The Hall–Kier alpha value is -0.970. The number of furan rings is 1. The lowest BCUT2D eigenvalue weighted by molar-refractivity contribution is 0.270. The molecule has 0 atom stereocenters. The van der Waals surface area contributed by atoms with E-state index in [1.807, 2.05) is 24.3 Å². The zero-order chi connectivity index (χ0) is 13.9. The van der Waals surface area contributed by atoms with E-state index >= 15 is 0 Å². The Morgan fingerprint density at radius 2 is 2.20 bits per heavy atom. The molecule has 1 saturated carbocycles. The van der Waals surface area contributed by atoms with Crippen molar-refractivity contribution in [3.63, 3.8) is 0 Å². The molecule has 0 saturated heterocycles. The first-order valence-corrected chi connectivity index (χ1v) is 7.75. The molecule has 0 bridgehead atoms. The maximum absolute atomic E-state index is 6.10. The van der Waals surface area contributed by atoms with Crippen molar-refractivity contribution < 1.29 is 9.15 Å². The molecule has 0 spiro atoms. The predicted molar refractivity (Wildman–Crippen MR) is 82.1 cm³/mol. The summed E-state index contributed by atoms with van der Waals surface area (Å²) in [4.78, 5) is 0. The molecule has 106 valence electrons. The van der Waals surface area contributed by atoms with Crippen LogP contribution in [0.4, 0.5) is 0 Å². The van der Waals surface area contributed by atoms with Crippen molar-refractivity contribution in [1.82, 2.24) is 5.32 Å². The second-order valence-corrected chi connectivity index (χ2v) is 6.26. The summed E-state index contributed by atoms with van der Waals surface area (Å²) in [5.41, 5.74) is 1.15. The van der Waals surface area contributed by atoms with Crippen molar-refractivity contribution in [2.45, 2.75) is 32.0 Å². The first-order valence-electron chi connectivity index (χ1n) is 6.58. The minimum absolute atomic E-state index is 0.380. The summed E-state index contributed by atoms with van der Waals surface area (Å²) < 4.78 is 12.1. The predicted octanol–water partition coefficient (Wildman–Crippen LogP) is 4.53. The van der Waals surface area contributed by atoms with Crippen LogP contribution in [0.15, 0.2) is 39.4 Å². The number of ether oxygens (including phenoxy) is 1. The van der Waals surface area contributed by atoms with Crippen LogP contribution < -0.4 is 10.1 Å². The van der Waals surface area contributed by atoms with Crippen molar-refractivity contribution in [2.24, 2.45) is 0 Å². The quantitative estimate of drug-likeness (QED) is 0.826. The molecule has 20 heavy (non-hydrogen) atoms. The van der Waals surface area contributed by atoms with Gasteiger partial charge in [0, 0.05) is 22.6 Å². The molecule has 1 aromatic heterocycles. The van der Waals surface area contributed by atoms with Crippen LogP contribution in [0.3, 0.4) is 0 Å². The van der Waals surface area contributed by atoms with Gasteiger partial charge in [-0.3, -0.25) is 0 Å². The fraction of sp³-hybridized carbons (Fsp3) is 0.333. The summed E-state index contributed by atoms with van der Waals surface area (Å²) >= 11 is 9.46. The molecule has 1 fully saturated rings. The molecule has 0 radical (unpaired) electrons. The molecule has 1 aliphatic carbocycles. The zero-order valence-corrected chi connectivity index (χ0v) is 13.2. The highest BCUT2D eigenvalue weighted by Crippen LogP contribution is 2.28. The molecule has 0 aliphatic heterocycles. The van der Waals surface area contributed by atoms with Gasteiger partial charge in [0.05, 0.1) is 11.3 Å². The minimum atomic E-state index is 0.380. The van der Waals surface area contributed by atoms with Gasteiger partial charge >= 0.3 is 0 Å². The van der Waals surface area contributed by atoms with E-state index in [1.165, 1.54) is 12.8 Å². The van der Waals surface area contributed by atoms with E-state index in [2.05, 4.69) is 21.2 Å². The Morgan fingerprint density at radius 3 is 2.95 bits per heavy atom. The summed E-state index contributed by atoms with van der Waals surface area (Å²) in [7, 11) is 0. The number of benzene rings is 1. The van der Waals surface area contributed by atoms with E-state index in [-0.39, 0.29) is 0 Å². The molecule has 0 amide bonds. The highest BCUT2D eigenvalue weighted by Gasteiger charge is 2.20. The lowest BCUT2D eigenvalue weighted by atomic mass is 10.3. The fourth-order valence-corrected chi connectivity index (χ4v) is 2.61. The molecule has 1 aliphatic rings. The van der Waals surface area contributed by atoms with Crippen molar-refractivity contribution in [3.8, 4) is 5.75 Å². The third kappa shape index (κ3) is 3.78. The van der Waals surface area contributed by atoms with Gasteiger partial charge in [-0.2, -0.15) is 0 Å². The summed E-state index contributed by atoms with van der Waals surface area (Å²) in [5.74, 6) is 1.46. The maximum atomic E-state index is 6.10. The second-order valence-electron chi connectivity index (χ2n) is 4.94. The first kappa shape index (κ1) is 14.0.